The molecule has 3 atom stereocenters. The average Bonchev–Trinajstić information content (AvgIpc) is 2.83. The Morgan fingerprint density at radius 1 is 1.10 bits per heavy atom. The van der Waals surface area contributed by atoms with Crippen LogP contribution in [0.25, 0.3) is 0 Å². The summed E-state index contributed by atoms with van der Waals surface area (Å²) in [5, 5.41) is 12.1. The highest BCUT2D eigenvalue weighted by molar-refractivity contribution is 5.23. The van der Waals surface area contributed by atoms with Crippen LogP contribution in [-0.4, -0.2) is 48.9 Å². The van der Waals surface area contributed by atoms with Crippen LogP contribution >= 0.6 is 0 Å². The lowest BCUT2D eigenvalue weighted by molar-refractivity contribution is -0.0687. The van der Waals surface area contributed by atoms with Gasteiger partial charge in [-0.25, -0.2) is 0 Å². The lowest BCUT2D eigenvalue weighted by Crippen LogP contribution is -2.51. The second kappa shape index (κ2) is 12.9. The van der Waals surface area contributed by atoms with Gasteiger partial charge in [0.05, 0.1) is 5.60 Å². The summed E-state index contributed by atoms with van der Waals surface area (Å²) in [6.45, 7) is 6.42. The number of unbranched alkanes of at least 4 members (excludes halogenated alkanes) is 1. The van der Waals surface area contributed by atoms with Gasteiger partial charge in [-0.05, 0) is 63.5 Å². The van der Waals surface area contributed by atoms with E-state index in [1.165, 1.54) is 38.5 Å². The zero-order valence-corrected chi connectivity index (χ0v) is 19.8. The van der Waals surface area contributed by atoms with E-state index in [0.717, 1.165) is 76.4 Å². The molecule has 1 aromatic rings. The molecule has 0 aromatic heterocycles. The van der Waals surface area contributed by atoms with Crippen molar-refractivity contribution < 1.29 is 9.84 Å². The van der Waals surface area contributed by atoms with Gasteiger partial charge >= 0.3 is 0 Å². The van der Waals surface area contributed by atoms with Crippen LogP contribution < -0.4 is 5.73 Å². The first-order valence-electron chi connectivity index (χ1n) is 13.0. The summed E-state index contributed by atoms with van der Waals surface area (Å²) in [6.07, 6.45) is 13.2. The van der Waals surface area contributed by atoms with Crippen molar-refractivity contribution in [3.63, 3.8) is 0 Å². The molecule has 3 N–H and O–H groups in total. The van der Waals surface area contributed by atoms with E-state index in [2.05, 4.69) is 29.2 Å². The number of nitrogens with zero attached hydrogens (tertiary/aromatic N) is 1. The standard InChI is InChI=1S/C27H46N2O2/c1-2-31-19-10-9-17-27(30,24-14-7-4-8-15-24)25-16-11-18-29(22-25)26(21-28)20-23-12-5-3-6-13-23/h4,7-8,14-15,23,25-26,30H,2-3,5-6,9-13,16-22,28H2,1H3/t25-,26+,27-/m1/s1. The van der Waals surface area contributed by atoms with Crippen LogP contribution in [-0.2, 0) is 10.3 Å². The summed E-state index contributed by atoms with van der Waals surface area (Å²) < 4.78 is 5.53. The fourth-order valence-corrected chi connectivity index (χ4v) is 5.98. The molecule has 1 aromatic carbocycles. The maximum Gasteiger partial charge on any atom is 0.0936 e. The Balaban J connectivity index is 1.67. The third kappa shape index (κ3) is 7.02. The van der Waals surface area contributed by atoms with Gasteiger partial charge in [-0.1, -0.05) is 62.4 Å². The Kier molecular flexibility index (Phi) is 10.3. The largest absolute Gasteiger partial charge is 0.385 e. The fourth-order valence-electron chi connectivity index (χ4n) is 5.98. The molecule has 0 spiro atoms. The van der Waals surface area contributed by atoms with Gasteiger partial charge in [-0.3, -0.25) is 4.90 Å². The molecule has 3 rings (SSSR count). The molecular formula is C27H46N2O2. The summed E-state index contributed by atoms with van der Waals surface area (Å²) in [5.74, 6) is 1.10. The van der Waals surface area contributed by atoms with Crippen molar-refractivity contribution in [3.05, 3.63) is 35.9 Å². The minimum Gasteiger partial charge on any atom is -0.385 e. The Morgan fingerprint density at radius 3 is 2.58 bits per heavy atom. The number of piperidine rings is 1. The van der Waals surface area contributed by atoms with E-state index in [-0.39, 0.29) is 5.92 Å². The van der Waals surface area contributed by atoms with E-state index in [9.17, 15) is 5.11 Å². The van der Waals surface area contributed by atoms with Crippen LogP contribution in [0.1, 0.15) is 83.1 Å². The van der Waals surface area contributed by atoms with Crippen LogP contribution in [0.5, 0.6) is 0 Å². The predicted molar refractivity (Wildman–Crippen MR) is 129 cm³/mol. The van der Waals surface area contributed by atoms with Crippen molar-refractivity contribution in [2.24, 2.45) is 17.6 Å². The second-order valence-corrected chi connectivity index (χ2v) is 9.91. The number of rotatable bonds is 12. The Bertz CT molecular complexity index is 605. The van der Waals surface area contributed by atoms with Crippen LogP contribution in [0.3, 0.4) is 0 Å². The Labute approximate surface area is 190 Å². The van der Waals surface area contributed by atoms with Gasteiger partial charge < -0.3 is 15.6 Å². The van der Waals surface area contributed by atoms with E-state index in [1.54, 1.807) is 0 Å². The number of ether oxygens (including phenoxy) is 1. The molecule has 1 saturated carbocycles. The Hall–Kier alpha value is -0.940. The van der Waals surface area contributed by atoms with E-state index < -0.39 is 5.60 Å². The number of nitrogens with two attached hydrogens (primary N) is 1. The highest BCUT2D eigenvalue weighted by Gasteiger charge is 2.41. The molecule has 4 heteroatoms. The molecule has 1 saturated heterocycles. The normalized spacial score (nSPS) is 24.0. The number of hydrogen-bond donors (Lipinski definition) is 2. The van der Waals surface area contributed by atoms with Gasteiger partial charge in [0.2, 0.25) is 0 Å². The SMILES string of the molecule is CCOCCCC[C@@](O)(c1ccccc1)[C@@H]1CCCN([C@H](CN)CC2CCCCC2)C1. The maximum absolute atomic E-state index is 12.1. The lowest BCUT2D eigenvalue weighted by Gasteiger charge is -2.46. The molecule has 4 nitrogen and oxygen atoms in total. The first kappa shape index (κ1) is 24.7. The monoisotopic (exact) mass is 430 g/mol. The van der Waals surface area contributed by atoms with E-state index in [4.69, 9.17) is 10.5 Å². The average molecular weight is 431 g/mol. The topological polar surface area (TPSA) is 58.7 Å². The highest BCUT2D eigenvalue weighted by Crippen LogP contribution is 2.40. The third-order valence-electron chi connectivity index (χ3n) is 7.82. The number of likely N-dealkylation sites (tertiary alicyclic amines) is 1. The number of benzene rings is 1. The summed E-state index contributed by atoms with van der Waals surface area (Å²) in [6, 6.07) is 10.9. The molecular weight excluding hydrogens is 384 g/mol. The first-order valence-corrected chi connectivity index (χ1v) is 13.0. The molecule has 2 fully saturated rings. The second-order valence-electron chi connectivity index (χ2n) is 9.91. The van der Waals surface area contributed by atoms with Gasteiger partial charge in [0.15, 0.2) is 0 Å². The van der Waals surface area contributed by atoms with Crippen molar-refractivity contribution in [2.75, 3.05) is 32.8 Å². The molecule has 176 valence electrons. The van der Waals surface area contributed by atoms with Gasteiger partial charge in [-0.2, -0.15) is 0 Å². The fraction of sp³-hybridized carbons (Fsp3) is 0.778. The van der Waals surface area contributed by atoms with Crippen LogP contribution in [0.2, 0.25) is 0 Å². The minimum atomic E-state index is -0.768. The summed E-state index contributed by atoms with van der Waals surface area (Å²) in [7, 11) is 0. The summed E-state index contributed by atoms with van der Waals surface area (Å²) in [4.78, 5) is 2.62. The van der Waals surface area contributed by atoms with Gasteiger partial charge in [0.1, 0.15) is 0 Å². The zero-order valence-electron chi connectivity index (χ0n) is 19.8. The molecule has 0 amide bonds. The van der Waals surface area contributed by atoms with Crippen LogP contribution in [0.4, 0.5) is 0 Å². The smallest absolute Gasteiger partial charge is 0.0936 e. The predicted octanol–water partition coefficient (Wildman–Crippen LogP) is 5.09. The van der Waals surface area contributed by atoms with E-state index in [1.807, 2.05) is 13.0 Å². The first-order chi connectivity index (χ1) is 15.2. The lowest BCUT2D eigenvalue weighted by atomic mass is 9.73. The summed E-state index contributed by atoms with van der Waals surface area (Å²) >= 11 is 0. The molecule has 1 heterocycles. The molecule has 2 aliphatic rings. The number of hydrogen-bond acceptors (Lipinski definition) is 4. The van der Waals surface area contributed by atoms with Gasteiger partial charge in [-0.15, -0.1) is 0 Å². The van der Waals surface area contributed by atoms with Gasteiger partial charge in [0.25, 0.3) is 0 Å². The van der Waals surface area contributed by atoms with E-state index >= 15 is 0 Å². The summed E-state index contributed by atoms with van der Waals surface area (Å²) in [5.41, 5.74) is 6.61. The Morgan fingerprint density at radius 2 is 1.87 bits per heavy atom. The van der Waals surface area contributed by atoms with Crippen molar-refractivity contribution in [1.82, 2.24) is 4.90 Å². The van der Waals surface area contributed by atoms with Crippen molar-refractivity contribution in [3.8, 4) is 0 Å². The van der Waals surface area contributed by atoms with Crippen LogP contribution in [0.15, 0.2) is 30.3 Å². The molecule has 1 aliphatic carbocycles. The van der Waals surface area contributed by atoms with Gasteiger partial charge in [0, 0.05) is 38.3 Å². The molecule has 0 unspecified atom stereocenters. The van der Waals surface area contributed by atoms with Crippen molar-refractivity contribution in [2.45, 2.75) is 89.2 Å². The maximum atomic E-state index is 12.1. The molecule has 31 heavy (non-hydrogen) atoms. The third-order valence-corrected chi connectivity index (χ3v) is 7.82. The molecule has 0 radical (unpaired) electrons. The molecule has 1 aliphatic heterocycles. The minimum absolute atomic E-state index is 0.260. The van der Waals surface area contributed by atoms with Crippen LogP contribution in [0, 0.1) is 11.8 Å². The zero-order chi connectivity index (χ0) is 21.9. The number of aliphatic hydroxyl groups is 1. The molecule has 0 bridgehead atoms. The highest BCUT2D eigenvalue weighted by atomic mass is 16.5. The quantitative estimate of drug-likeness (QED) is 0.454. The van der Waals surface area contributed by atoms with Crippen molar-refractivity contribution in [1.29, 1.82) is 0 Å². The van der Waals surface area contributed by atoms with Crippen molar-refractivity contribution >= 4 is 0 Å². The van der Waals surface area contributed by atoms with E-state index in [0.29, 0.717) is 6.04 Å².